The molecule has 0 radical (unpaired) electrons. The number of nitrogens with zero attached hydrogens (tertiary/aromatic N) is 1. The van der Waals surface area contributed by atoms with Crippen molar-refractivity contribution in [2.24, 2.45) is 28.6 Å². The zero-order valence-electron chi connectivity index (χ0n) is 23.7. The van der Waals surface area contributed by atoms with Gasteiger partial charge >= 0.3 is 0 Å². The number of para-hydroxylation sites is 1. The van der Waals surface area contributed by atoms with E-state index in [1.165, 1.54) is 25.7 Å². The third-order valence-electron chi connectivity index (χ3n) is 10.9. The molecule has 4 aliphatic rings. The molecule has 1 N–H and O–H groups in total. The van der Waals surface area contributed by atoms with Gasteiger partial charge in [-0.2, -0.15) is 0 Å². The van der Waals surface area contributed by atoms with Crippen molar-refractivity contribution in [2.45, 2.75) is 64.8 Å². The van der Waals surface area contributed by atoms with Crippen LogP contribution >= 0.6 is 0 Å². The van der Waals surface area contributed by atoms with Crippen LogP contribution in [0, 0.1) is 28.6 Å². The smallest absolute Gasteiger partial charge is 0.260 e. The van der Waals surface area contributed by atoms with Gasteiger partial charge in [0.2, 0.25) is 0 Å². The minimum absolute atomic E-state index is 0.0634. The minimum Gasteiger partial charge on any atom is -0.331 e. The highest BCUT2D eigenvalue weighted by Crippen LogP contribution is 2.64. The van der Waals surface area contributed by atoms with Crippen LogP contribution in [-0.4, -0.2) is 35.1 Å². The van der Waals surface area contributed by atoms with E-state index in [0.29, 0.717) is 40.6 Å². The number of hydrogen-bond donors (Lipinski definition) is 1. The quantitative estimate of drug-likeness (QED) is 0.250. The van der Waals surface area contributed by atoms with Gasteiger partial charge in [0.1, 0.15) is 5.57 Å². The molecule has 0 spiro atoms. The summed E-state index contributed by atoms with van der Waals surface area (Å²) in [6, 6.07) is 16.1. The molecule has 2 aromatic carbocycles. The van der Waals surface area contributed by atoms with Gasteiger partial charge in [0.05, 0.1) is 5.69 Å². The van der Waals surface area contributed by atoms with Gasteiger partial charge in [-0.15, -0.1) is 6.58 Å². The maximum atomic E-state index is 13.9. The Bertz CT molecular complexity index is 1380. The van der Waals surface area contributed by atoms with Gasteiger partial charge in [0.25, 0.3) is 11.8 Å². The Morgan fingerprint density at radius 2 is 1.73 bits per heavy atom. The molecule has 6 rings (SSSR count). The first kappa shape index (κ1) is 26.7. The van der Waals surface area contributed by atoms with Crippen LogP contribution in [0.3, 0.4) is 0 Å². The number of nitrogens with one attached hydrogen (secondary N) is 1. The number of anilines is 1. The monoisotopic (exact) mass is 536 g/mol. The summed E-state index contributed by atoms with van der Waals surface area (Å²) in [7, 11) is 0. The van der Waals surface area contributed by atoms with E-state index in [1.807, 2.05) is 29.2 Å². The van der Waals surface area contributed by atoms with Crippen molar-refractivity contribution < 1.29 is 14.4 Å². The number of ketones is 1. The van der Waals surface area contributed by atoms with Crippen LogP contribution in [0.1, 0.15) is 74.7 Å². The molecule has 0 aromatic heterocycles. The molecule has 5 heteroatoms. The highest BCUT2D eigenvalue weighted by molar-refractivity contribution is 6.24. The largest absolute Gasteiger partial charge is 0.331 e. The van der Waals surface area contributed by atoms with Gasteiger partial charge in [-0.3, -0.25) is 14.4 Å². The topological polar surface area (TPSA) is 66.5 Å². The van der Waals surface area contributed by atoms with E-state index in [0.717, 1.165) is 25.2 Å². The number of rotatable bonds is 6. The van der Waals surface area contributed by atoms with Gasteiger partial charge in [-0.05, 0) is 73.8 Å². The van der Waals surface area contributed by atoms with Crippen LogP contribution in [0.2, 0.25) is 0 Å². The molecule has 6 atom stereocenters. The maximum Gasteiger partial charge on any atom is 0.260 e. The minimum atomic E-state index is -0.448. The summed E-state index contributed by atoms with van der Waals surface area (Å²) >= 11 is 0. The Kier molecular flexibility index (Phi) is 6.80. The molecular formula is C35H40N2O3. The van der Waals surface area contributed by atoms with Crippen LogP contribution in [-0.2, 0) is 9.59 Å². The molecule has 3 saturated carbocycles. The summed E-state index contributed by atoms with van der Waals surface area (Å²) in [5, 5.41) is 2.95. The fourth-order valence-corrected chi connectivity index (χ4v) is 8.96. The van der Waals surface area contributed by atoms with Gasteiger partial charge in [-0.25, -0.2) is 0 Å². The Balaban J connectivity index is 1.34. The molecule has 1 unspecified atom stereocenters. The molecule has 3 fully saturated rings. The van der Waals surface area contributed by atoms with Gasteiger partial charge in [0.15, 0.2) is 5.78 Å². The third kappa shape index (κ3) is 4.25. The predicted octanol–water partition coefficient (Wildman–Crippen LogP) is 6.81. The molecule has 2 aromatic rings. The standard InChI is InChI=1S/C35H40N2O3/c1-4-21-37-30-17-16-24-27-14-10-19-34(27,2)20-18-28(24)35(30,3)22-26(33(37)40)32(39)36-29-15-9-8-13-25(29)31(38)23-11-6-5-7-12-23/h4-9,11-13,15,22,24,27-28,30H,1,10,14,16-21H2,2-3H3,(H,36,39)/t24-,27-,28+,30?,34-,35+/m0/s1. The number of fused-ring (bicyclic) bond motifs is 5. The Morgan fingerprint density at radius 3 is 2.50 bits per heavy atom. The molecule has 1 aliphatic heterocycles. The summed E-state index contributed by atoms with van der Waals surface area (Å²) in [6.07, 6.45) is 12.2. The average Bonchev–Trinajstić information content (AvgIpc) is 3.37. The van der Waals surface area contributed by atoms with E-state index >= 15 is 0 Å². The lowest BCUT2D eigenvalue weighted by Gasteiger charge is -2.60. The summed E-state index contributed by atoms with van der Waals surface area (Å²) in [5.74, 6) is 0.944. The van der Waals surface area contributed by atoms with Gasteiger partial charge in [-0.1, -0.05) is 74.9 Å². The molecule has 208 valence electrons. The highest BCUT2D eigenvalue weighted by Gasteiger charge is 2.59. The normalized spacial score (nSPS) is 32.8. The lowest BCUT2D eigenvalue weighted by atomic mass is 9.48. The molecule has 0 saturated heterocycles. The van der Waals surface area contributed by atoms with Crippen LogP contribution < -0.4 is 5.32 Å². The van der Waals surface area contributed by atoms with Gasteiger partial charge in [0, 0.05) is 29.1 Å². The fourth-order valence-electron chi connectivity index (χ4n) is 8.96. The lowest BCUT2D eigenvalue weighted by molar-refractivity contribution is -0.142. The van der Waals surface area contributed by atoms with Crippen molar-refractivity contribution in [1.29, 1.82) is 0 Å². The first-order valence-corrected chi connectivity index (χ1v) is 14.9. The predicted molar refractivity (Wildman–Crippen MR) is 158 cm³/mol. The molecule has 3 aliphatic carbocycles. The number of benzene rings is 2. The number of amides is 2. The van der Waals surface area contributed by atoms with E-state index < -0.39 is 5.91 Å². The molecule has 5 nitrogen and oxygen atoms in total. The molecule has 40 heavy (non-hydrogen) atoms. The molecule has 0 bridgehead atoms. The van der Waals surface area contributed by atoms with Crippen molar-refractivity contribution >= 4 is 23.3 Å². The Hall–Kier alpha value is -3.47. The second kappa shape index (κ2) is 10.2. The van der Waals surface area contributed by atoms with E-state index in [2.05, 4.69) is 25.7 Å². The van der Waals surface area contributed by atoms with E-state index in [9.17, 15) is 14.4 Å². The number of carbonyl (C=O) groups excluding carboxylic acids is 3. The summed E-state index contributed by atoms with van der Waals surface area (Å²) < 4.78 is 0. The van der Waals surface area contributed by atoms with Gasteiger partial charge < -0.3 is 10.2 Å². The lowest BCUT2D eigenvalue weighted by Crippen LogP contribution is -2.61. The van der Waals surface area contributed by atoms with Crippen molar-refractivity contribution in [2.75, 3.05) is 11.9 Å². The summed E-state index contributed by atoms with van der Waals surface area (Å²) in [6.45, 7) is 9.13. The van der Waals surface area contributed by atoms with Crippen molar-refractivity contribution in [3.05, 3.63) is 90.0 Å². The van der Waals surface area contributed by atoms with Crippen LogP contribution in [0.4, 0.5) is 5.69 Å². The second-order valence-corrected chi connectivity index (χ2v) is 12.9. The SMILES string of the molecule is C=CCN1C(=O)C(C(=O)Nc2ccccc2C(=O)c2ccccc2)=C[C@@]2(C)C1CC[C@@H]1[C@H]2CC[C@]2(C)CCC[C@@H]12. The molecule has 1 heterocycles. The van der Waals surface area contributed by atoms with Crippen molar-refractivity contribution in [3.63, 3.8) is 0 Å². The zero-order valence-corrected chi connectivity index (χ0v) is 23.7. The molecule has 2 amide bonds. The highest BCUT2D eigenvalue weighted by atomic mass is 16.2. The Labute approximate surface area is 237 Å². The number of hydrogen-bond acceptors (Lipinski definition) is 3. The van der Waals surface area contributed by atoms with Crippen LogP contribution in [0.5, 0.6) is 0 Å². The first-order chi connectivity index (χ1) is 19.3. The van der Waals surface area contributed by atoms with E-state index in [4.69, 9.17) is 0 Å². The average molecular weight is 537 g/mol. The number of carbonyl (C=O) groups is 3. The van der Waals surface area contributed by atoms with E-state index in [1.54, 1.807) is 42.5 Å². The second-order valence-electron chi connectivity index (χ2n) is 12.9. The summed E-state index contributed by atoms with van der Waals surface area (Å²) in [4.78, 5) is 42.9. The molecular weight excluding hydrogens is 496 g/mol. The van der Waals surface area contributed by atoms with Crippen LogP contribution in [0.15, 0.2) is 78.9 Å². The van der Waals surface area contributed by atoms with Crippen LogP contribution in [0.25, 0.3) is 0 Å². The first-order valence-electron chi connectivity index (χ1n) is 14.9. The third-order valence-corrected chi connectivity index (χ3v) is 10.9. The van der Waals surface area contributed by atoms with Crippen molar-refractivity contribution in [1.82, 2.24) is 4.90 Å². The fraction of sp³-hybridized carbons (Fsp3) is 0.457. The van der Waals surface area contributed by atoms with Crippen molar-refractivity contribution in [3.8, 4) is 0 Å². The zero-order chi connectivity index (χ0) is 28.1. The summed E-state index contributed by atoms with van der Waals surface area (Å²) in [5.41, 5.74) is 1.71. The maximum absolute atomic E-state index is 13.9. The Morgan fingerprint density at radius 1 is 0.975 bits per heavy atom. The van der Waals surface area contributed by atoms with E-state index in [-0.39, 0.29) is 28.7 Å².